The predicted molar refractivity (Wildman–Crippen MR) is 103 cm³/mol. The van der Waals surface area contributed by atoms with Crippen LogP contribution in [0.2, 0.25) is 0 Å². The lowest BCUT2D eigenvalue weighted by molar-refractivity contribution is 0.168. The molecule has 122 valence electrons. The summed E-state index contributed by atoms with van der Waals surface area (Å²) in [6.07, 6.45) is 1.01. The Morgan fingerprint density at radius 3 is 2.29 bits per heavy atom. The summed E-state index contributed by atoms with van der Waals surface area (Å²) in [5.74, 6) is 0.270. The Labute approximate surface area is 163 Å². The molecule has 0 saturated carbocycles. The van der Waals surface area contributed by atoms with Crippen LogP contribution in [0.25, 0.3) is 0 Å². The zero-order valence-corrected chi connectivity index (χ0v) is 17.9. The van der Waals surface area contributed by atoms with Gasteiger partial charge in [-0.1, -0.05) is 22.9 Å². The number of hydrogen-bond acceptors (Lipinski definition) is 3. The maximum absolute atomic E-state index is 10.1. The highest BCUT2D eigenvalue weighted by Gasteiger charge is 2.26. The van der Waals surface area contributed by atoms with Gasteiger partial charge in [-0.15, -0.1) is 24.8 Å². The third-order valence-electron chi connectivity index (χ3n) is 3.49. The van der Waals surface area contributed by atoms with Crippen molar-refractivity contribution < 1.29 is 5.11 Å². The molecule has 2 rings (SSSR count). The molecule has 0 amide bonds. The highest BCUT2D eigenvalue weighted by atomic mass is 79.9. The average molecular weight is 530 g/mol. The van der Waals surface area contributed by atoms with Crippen LogP contribution in [0.4, 0.5) is 0 Å². The Hall–Kier alpha value is 0.960. The number of benzene rings is 1. The van der Waals surface area contributed by atoms with Crippen LogP contribution < -0.4 is 5.32 Å². The second kappa shape index (κ2) is 9.96. The molecule has 1 heterocycles. The molecule has 8 heteroatoms. The summed E-state index contributed by atoms with van der Waals surface area (Å²) >= 11 is 10.5. The minimum atomic E-state index is 0. The summed E-state index contributed by atoms with van der Waals surface area (Å²) in [4.78, 5) is 2.47. The van der Waals surface area contributed by atoms with E-state index in [0.717, 1.165) is 47.1 Å². The first-order valence-electron chi connectivity index (χ1n) is 6.37. The molecule has 0 radical (unpaired) electrons. The molecule has 1 aliphatic heterocycles. The lowest BCUT2D eigenvalue weighted by Crippen LogP contribution is -2.45. The van der Waals surface area contributed by atoms with E-state index in [1.807, 2.05) is 6.07 Å². The van der Waals surface area contributed by atoms with Crippen molar-refractivity contribution in [3.05, 3.63) is 25.0 Å². The average Bonchev–Trinajstić information content (AvgIpc) is 2.42. The third kappa shape index (κ3) is 4.96. The van der Waals surface area contributed by atoms with Crippen molar-refractivity contribution in [1.82, 2.24) is 10.2 Å². The zero-order valence-electron chi connectivity index (χ0n) is 11.5. The molecule has 0 spiro atoms. The highest BCUT2D eigenvalue weighted by molar-refractivity contribution is 9.11. The van der Waals surface area contributed by atoms with Gasteiger partial charge < -0.3 is 10.4 Å². The van der Waals surface area contributed by atoms with Gasteiger partial charge in [0.2, 0.25) is 0 Å². The number of hydrogen-bond donors (Lipinski definition) is 2. The number of nitrogens with zero attached hydrogens (tertiary/aromatic N) is 1. The minimum Gasteiger partial charge on any atom is -0.506 e. The van der Waals surface area contributed by atoms with Gasteiger partial charge in [0.05, 0.1) is 8.95 Å². The molecule has 1 fully saturated rings. The molecule has 0 aliphatic carbocycles. The smallest absolute Gasteiger partial charge is 0.144 e. The summed E-state index contributed by atoms with van der Waals surface area (Å²) in [5.41, 5.74) is 1.13. The van der Waals surface area contributed by atoms with Gasteiger partial charge in [-0.2, -0.15) is 0 Å². The van der Waals surface area contributed by atoms with Crippen molar-refractivity contribution in [2.45, 2.75) is 19.4 Å². The van der Waals surface area contributed by atoms with Crippen molar-refractivity contribution >= 4 is 72.6 Å². The van der Waals surface area contributed by atoms with Gasteiger partial charge in [-0.05, 0) is 44.3 Å². The topological polar surface area (TPSA) is 35.5 Å². The number of phenolic OH excluding ortho intramolecular Hbond substituents is 1. The Bertz CT molecular complexity index is 471. The Morgan fingerprint density at radius 1 is 1.19 bits per heavy atom. The molecule has 21 heavy (non-hydrogen) atoms. The van der Waals surface area contributed by atoms with Crippen LogP contribution in [0.5, 0.6) is 5.75 Å². The fraction of sp³-hybridized carbons (Fsp3) is 0.538. The summed E-state index contributed by atoms with van der Waals surface area (Å²) < 4.78 is 2.50. The van der Waals surface area contributed by atoms with E-state index < -0.39 is 0 Å². The Balaban J connectivity index is 0.00000200. The van der Waals surface area contributed by atoms with Gasteiger partial charge in [-0.25, -0.2) is 0 Å². The number of aromatic hydroxyl groups is 1. The van der Waals surface area contributed by atoms with E-state index in [1.165, 1.54) is 0 Å². The van der Waals surface area contributed by atoms with Crippen molar-refractivity contribution in [2.75, 3.05) is 26.2 Å². The van der Waals surface area contributed by atoms with Crippen molar-refractivity contribution in [2.24, 2.45) is 0 Å². The van der Waals surface area contributed by atoms with Crippen LogP contribution in [0.1, 0.15) is 24.9 Å². The maximum Gasteiger partial charge on any atom is 0.144 e. The number of phenols is 1. The summed E-state index contributed by atoms with van der Waals surface area (Å²) in [6.45, 7) is 6.30. The molecule has 2 N–H and O–H groups in total. The first-order valence-corrected chi connectivity index (χ1v) is 8.75. The second-order valence-electron chi connectivity index (χ2n) is 4.63. The van der Waals surface area contributed by atoms with Gasteiger partial charge in [0, 0.05) is 42.3 Å². The van der Waals surface area contributed by atoms with Crippen LogP contribution in [0.3, 0.4) is 0 Å². The minimum absolute atomic E-state index is 0. The number of nitrogens with one attached hydrogen (secondary N) is 1. The van der Waals surface area contributed by atoms with Gasteiger partial charge in [0.25, 0.3) is 0 Å². The lowest BCUT2D eigenvalue weighted by atomic mass is 10.0. The molecular weight excluding hydrogens is 511 g/mol. The van der Waals surface area contributed by atoms with E-state index in [4.69, 9.17) is 0 Å². The molecule has 1 atom stereocenters. The van der Waals surface area contributed by atoms with Crippen molar-refractivity contribution in [3.63, 3.8) is 0 Å². The Kier molecular flexibility index (Phi) is 10.4. The number of piperazine rings is 1. The van der Waals surface area contributed by atoms with Crippen LogP contribution in [0.15, 0.2) is 19.5 Å². The first kappa shape index (κ1) is 22.0. The SMILES string of the molecule is CC[C@@H](c1c(Br)cc(Br)c(O)c1Br)N1CCNCC1.Cl.Cl. The van der Waals surface area contributed by atoms with Gasteiger partial charge >= 0.3 is 0 Å². The van der Waals surface area contributed by atoms with E-state index in [1.54, 1.807) is 0 Å². The van der Waals surface area contributed by atoms with Gasteiger partial charge in [0.15, 0.2) is 0 Å². The molecule has 0 aromatic heterocycles. The van der Waals surface area contributed by atoms with Crippen LogP contribution in [-0.4, -0.2) is 36.2 Å². The molecule has 0 bridgehead atoms. The molecule has 0 unspecified atom stereocenters. The lowest BCUT2D eigenvalue weighted by Gasteiger charge is -2.35. The monoisotopic (exact) mass is 526 g/mol. The summed E-state index contributed by atoms with van der Waals surface area (Å²) in [5, 5.41) is 13.5. The normalized spacial score (nSPS) is 16.8. The predicted octanol–water partition coefficient (Wildman–Crippen LogP) is 4.88. The largest absolute Gasteiger partial charge is 0.506 e. The van der Waals surface area contributed by atoms with E-state index >= 15 is 0 Å². The maximum atomic E-state index is 10.1. The molecule has 1 aromatic carbocycles. The highest BCUT2D eigenvalue weighted by Crippen LogP contribution is 2.44. The molecule has 1 aromatic rings. The molecule has 1 saturated heterocycles. The van der Waals surface area contributed by atoms with E-state index in [0.29, 0.717) is 10.5 Å². The van der Waals surface area contributed by atoms with E-state index in [-0.39, 0.29) is 30.6 Å². The third-order valence-corrected chi connectivity index (χ3v) is 5.56. The summed E-state index contributed by atoms with van der Waals surface area (Å²) in [7, 11) is 0. The van der Waals surface area contributed by atoms with E-state index in [2.05, 4.69) is 64.9 Å². The second-order valence-corrected chi connectivity index (χ2v) is 7.13. The van der Waals surface area contributed by atoms with Crippen LogP contribution in [-0.2, 0) is 0 Å². The van der Waals surface area contributed by atoms with E-state index in [9.17, 15) is 5.11 Å². The van der Waals surface area contributed by atoms with Crippen molar-refractivity contribution in [3.8, 4) is 5.75 Å². The zero-order chi connectivity index (χ0) is 14.0. The van der Waals surface area contributed by atoms with Crippen LogP contribution in [0, 0.1) is 0 Å². The van der Waals surface area contributed by atoms with Gasteiger partial charge in [0.1, 0.15) is 5.75 Å². The standard InChI is InChI=1S/C13H17Br3N2O.2ClH/c1-2-10(18-5-3-17-4-6-18)11-8(14)7-9(15)13(19)12(11)16;;/h7,10,17,19H,2-6H2,1H3;2*1H/t10-;;/m0../s1. The van der Waals surface area contributed by atoms with Crippen molar-refractivity contribution in [1.29, 1.82) is 0 Å². The van der Waals surface area contributed by atoms with Gasteiger partial charge in [-0.3, -0.25) is 4.90 Å². The molecule has 3 nitrogen and oxygen atoms in total. The number of halogens is 5. The molecular formula is C13H19Br3Cl2N2O. The fourth-order valence-electron chi connectivity index (χ4n) is 2.54. The molecule has 1 aliphatic rings. The summed E-state index contributed by atoms with van der Waals surface area (Å²) in [6, 6.07) is 2.23. The van der Waals surface area contributed by atoms with Crippen LogP contribution >= 0.6 is 72.6 Å². The first-order chi connectivity index (χ1) is 9.06. The quantitative estimate of drug-likeness (QED) is 0.586. The number of rotatable bonds is 3. The Morgan fingerprint density at radius 2 is 1.76 bits per heavy atom. The fourth-order valence-corrected chi connectivity index (χ4v) is 5.19.